The van der Waals surface area contributed by atoms with E-state index < -0.39 is 12.1 Å². The molecule has 0 aromatic rings. The lowest BCUT2D eigenvalue weighted by Crippen LogP contribution is -2.32. The minimum absolute atomic E-state index is 0.450. The maximum Gasteiger partial charge on any atom is 0.332 e. The number of aliphatic carboxylic acids is 1. The van der Waals surface area contributed by atoms with E-state index in [0.717, 1.165) is 19.5 Å². The topological polar surface area (TPSA) is 49.8 Å². The average molecular weight is 231 g/mol. The first-order valence-electron chi connectivity index (χ1n) is 6.04. The van der Waals surface area contributed by atoms with E-state index in [2.05, 4.69) is 18.7 Å². The summed E-state index contributed by atoms with van der Waals surface area (Å²) in [7, 11) is 2.02. The zero-order valence-electron chi connectivity index (χ0n) is 10.9. The lowest BCUT2D eigenvalue weighted by molar-refractivity contribution is -0.150. The fourth-order valence-corrected chi connectivity index (χ4v) is 1.57. The summed E-state index contributed by atoms with van der Waals surface area (Å²) < 4.78 is 5.16. The van der Waals surface area contributed by atoms with Gasteiger partial charge in [0.25, 0.3) is 0 Å². The smallest absolute Gasteiger partial charge is 0.332 e. The second kappa shape index (κ2) is 8.53. The van der Waals surface area contributed by atoms with Crippen LogP contribution in [0.15, 0.2) is 0 Å². The van der Waals surface area contributed by atoms with Crippen LogP contribution in [0.2, 0.25) is 0 Å². The second-order valence-corrected chi connectivity index (χ2v) is 4.35. The summed E-state index contributed by atoms with van der Waals surface area (Å²) in [6.07, 6.45) is 1.04. The Bertz CT molecular complexity index is 197. The van der Waals surface area contributed by atoms with Crippen LogP contribution in [0.4, 0.5) is 0 Å². The highest BCUT2D eigenvalue weighted by Crippen LogP contribution is 2.05. The van der Waals surface area contributed by atoms with Gasteiger partial charge in [-0.05, 0) is 26.3 Å². The molecule has 0 saturated heterocycles. The largest absolute Gasteiger partial charge is 0.479 e. The Hall–Kier alpha value is -0.610. The van der Waals surface area contributed by atoms with Gasteiger partial charge in [0.2, 0.25) is 0 Å². The monoisotopic (exact) mass is 231 g/mol. The zero-order valence-corrected chi connectivity index (χ0v) is 10.9. The highest BCUT2D eigenvalue weighted by Gasteiger charge is 2.17. The number of nitrogens with zero attached hydrogens (tertiary/aromatic N) is 1. The molecule has 0 amide bonds. The van der Waals surface area contributed by atoms with Gasteiger partial charge in [-0.1, -0.05) is 20.3 Å². The molecule has 0 fully saturated rings. The van der Waals surface area contributed by atoms with E-state index in [1.54, 1.807) is 0 Å². The standard InChI is InChI=1S/C12H25NO3/c1-5-10(3)9-13(4)8-7-11(12(14)15)16-6-2/h10-11H,5-9H2,1-4H3,(H,14,15). The van der Waals surface area contributed by atoms with Crippen LogP contribution in [-0.4, -0.2) is 48.8 Å². The lowest BCUT2D eigenvalue weighted by Gasteiger charge is -2.22. The third kappa shape index (κ3) is 6.80. The first-order valence-corrected chi connectivity index (χ1v) is 6.04. The van der Waals surface area contributed by atoms with Gasteiger partial charge in [0.15, 0.2) is 6.10 Å². The molecule has 4 nitrogen and oxygen atoms in total. The zero-order chi connectivity index (χ0) is 12.6. The molecule has 1 N–H and O–H groups in total. The van der Waals surface area contributed by atoms with Crippen molar-refractivity contribution in [2.45, 2.75) is 39.7 Å². The molecule has 0 bridgehead atoms. The first-order chi connectivity index (χ1) is 7.51. The van der Waals surface area contributed by atoms with Gasteiger partial charge in [0, 0.05) is 19.7 Å². The van der Waals surface area contributed by atoms with E-state index in [-0.39, 0.29) is 0 Å². The fraction of sp³-hybridized carbons (Fsp3) is 0.917. The molecule has 0 heterocycles. The van der Waals surface area contributed by atoms with Crippen molar-refractivity contribution in [2.24, 2.45) is 5.92 Å². The quantitative estimate of drug-likeness (QED) is 0.658. The molecule has 2 atom stereocenters. The molecular formula is C12H25NO3. The van der Waals surface area contributed by atoms with Crippen LogP contribution in [0.5, 0.6) is 0 Å². The third-order valence-corrected chi connectivity index (χ3v) is 2.74. The summed E-state index contributed by atoms with van der Waals surface area (Å²) in [5, 5.41) is 8.90. The maximum atomic E-state index is 10.8. The second-order valence-electron chi connectivity index (χ2n) is 4.35. The Morgan fingerprint density at radius 3 is 2.50 bits per heavy atom. The molecule has 0 aliphatic rings. The molecule has 96 valence electrons. The number of carboxylic acid groups (broad SMARTS) is 1. The molecule has 0 aliphatic carbocycles. The molecule has 0 spiro atoms. The SMILES string of the molecule is CCOC(CCN(C)CC(C)CC)C(=O)O. The number of rotatable bonds is 9. The van der Waals surface area contributed by atoms with Crippen molar-refractivity contribution >= 4 is 5.97 Å². The highest BCUT2D eigenvalue weighted by molar-refractivity contribution is 5.72. The van der Waals surface area contributed by atoms with Crippen LogP contribution in [0, 0.1) is 5.92 Å². The predicted octanol–water partition coefficient (Wildman–Crippen LogP) is 1.84. The van der Waals surface area contributed by atoms with Crippen LogP contribution < -0.4 is 0 Å². The highest BCUT2D eigenvalue weighted by atomic mass is 16.5. The minimum atomic E-state index is -0.862. The number of hydrogen-bond donors (Lipinski definition) is 1. The minimum Gasteiger partial charge on any atom is -0.479 e. The number of ether oxygens (including phenoxy) is 1. The Balaban J connectivity index is 3.86. The van der Waals surface area contributed by atoms with E-state index in [1.165, 1.54) is 0 Å². The van der Waals surface area contributed by atoms with E-state index in [0.29, 0.717) is 18.9 Å². The summed E-state index contributed by atoms with van der Waals surface area (Å²) in [6, 6.07) is 0. The molecule has 16 heavy (non-hydrogen) atoms. The van der Waals surface area contributed by atoms with Crippen molar-refractivity contribution in [3.8, 4) is 0 Å². The maximum absolute atomic E-state index is 10.8. The van der Waals surface area contributed by atoms with Crippen LogP contribution >= 0.6 is 0 Å². The molecule has 0 saturated carbocycles. The number of hydrogen-bond acceptors (Lipinski definition) is 3. The van der Waals surface area contributed by atoms with Crippen LogP contribution in [0.25, 0.3) is 0 Å². The summed E-state index contributed by atoms with van der Waals surface area (Å²) in [4.78, 5) is 13.0. The summed E-state index contributed by atoms with van der Waals surface area (Å²) in [6.45, 7) is 8.41. The fourth-order valence-electron chi connectivity index (χ4n) is 1.57. The molecular weight excluding hydrogens is 206 g/mol. The van der Waals surface area contributed by atoms with Gasteiger partial charge in [0.05, 0.1) is 0 Å². The molecule has 0 radical (unpaired) electrons. The van der Waals surface area contributed by atoms with Crippen LogP contribution in [-0.2, 0) is 9.53 Å². The van der Waals surface area contributed by atoms with Gasteiger partial charge >= 0.3 is 5.97 Å². The van der Waals surface area contributed by atoms with E-state index in [9.17, 15) is 4.79 Å². The van der Waals surface area contributed by atoms with Crippen molar-refractivity contribution in [1.29, 1.82) is 0 Å². The Kier molecular flexibility index (Phi) is 8.21. The Labute approximate surface area is 98.6 Å². The predicted molar refractivity (Wildman–Crippen MR) is 64.6 cm³/mol. The van der Waals surface area contributed by atoms with Gasteiger partial charge in [-0.3, -0.25) is 0 Å². The van der Waals surface area contributed by atoms with Gasteiger partial charge in [-0.2, -0.15) is 0 Å². The third-order valence-electron chi connectivity index (χ3n) is 2.74. The van der Waals surface area contributed by atoms with Gasteiger partial charge in [-0.25, -0.2) is 4.79 Å². The summed E-state index contributed by atoms with van der Waals surface area (Å²) in [5.74, 6) is -0.209. The molecule has 0 aromatic heterocycles. The van der Waals surface area contributed by atoms with Gasteiger partial charge < -0.3 is 14.7 Å². The van der Waals surface area contributed by atoms with Crippen molar-refractivity contribution in [3.05, 3.63) is 0 Å². The Morgan fingerprint density at radius 1 is 1.44 bits per heavy atom. The first kappa shape index (κ1) is 15.4. The van der Waals surface area contributed by atoms with Crippen LogP contribution in [0.1, 0.15) is 33.6 Å². The van der Waals surface area contributed by atoms with Crippen molar-refractivity contribution in [3.63, 3.8) is 0 Å². The lowest BCUT2D eigenvalue weighted by atomic mass is 10.1. The number of carboxylic acids is 1. The van der Waals surface area contributed by atoms with E-state index >= 15 is 0 Å². The van der Waals surface area contributed by atoms with Crippen LogP contribution in [0.3, 0.4) is 0 Å². The van der Waals surface area contributed by atoms with Crippen molar-refractivity contribution < 1.29 is 14.6 Å². The molecule has 2 unspecified atom stereocenters. The van der Waals surface area contributed by atoms with Gasteiger partial charge in [0.1, 0.15) is 0 Å². The van der Waals surface area contributed by atoms with E-state index in [1.807, 2.05) is 14.0 Å². The summed E-state index contributed by atoms with van der Waals surface area (Å²) >= 11 is 0. The molecule has 0 aliphatic heterocycles. The molecule has 0 rings (SSSR count). The molecule has 4 heteroatoms. The number of carbonyl (C=O) groups is 1. The van der Waals surface area contributed by atoms with Gasteiger partial charge in [-0.15, -0.1) is 0 Å². The normalized spacial score (nSPS) is 15.1. The van der Waals surface area contributed by atoms with Crippen molar-refractivity contribution in [2.75, 3.05) is 26.7 Å². The van der Waals surface area contributed by atoms with Crippen molar-refractivity contribution in [1.82, 2.24) is 4.90 Å². The Morgan fingerprint density at radius 2 is 2.06 bits per heavy atom. The molecule has 0 aromatic carbocycles. The summed E-state index contributed by atoms with van der Waals surface area (Å²) in [5.41, 5.74) is 0. The average Bonchev–Trinajstić information content (AvgIpc) is 2.23. The van der Waals surface area contributed by atoms with E-state index in [4.69, 9.17) is 9.84 Å².